The maximum Gasteiger partial charge on any atom is 0.401 e. The van der Waals surface area contributed by atoms with Crippen molar-refractivity contribution in [1.82, 2.24) is 9.80 Å². The fourth-order valence-electron chi connectivity index (χ4n) is 1.65. The Kier molecular flexibility index (Phi) is 6.44. The lowest BCUT2D eigenvalue weighted by Gasteiger charge is -2.25. The molecule has 4 nitrogen and oxygen atoms in total. The number of hydrogen-bond acceptors (Lipinski definition) is 4. The second kappa shape index (κ2) is 7.61. The average molecular weight is 310 g/mol. The fourth-order valence-corrected chi connectivity index (χ4v) is 2.40. The molecule has 8 heteroatoms. The third kappa shape index (κ3) is 6.36. The second-order valence-corrected chi connectivity index (χ2v) is 5.41. The number of aliphatic hydroxyl groups is 1. The monoisotopic (exact) mass is 310 g/mol. The highest BCUT2D eigenvalue weighted by Crippen LogP contribution is 2.16. The van der Waals surface area contributed by atoms with Crippen LogP contribution in [0.15, 0.2) is 17.5 Å². The molecular formula is C12H17F3N2O2S. The molecule has 0 saturated carbocycles. The Hall–Kier alpha value is -1.12. The number of amides is 1. The van der Waals surface area contributed by atoms with Gasteiger partial charge in [0.05, 0.1) is 26.2 Å². The molecule has 0 atom stereocenters. The van der Waals surface area contributed by atoms with Crippen LogP contribution in [0.3, 0.4) is 0 Å². The molecule has 1 aromatic heterocycles. The minimum Gasteiger partial charge on any atom is -0.395 e. The first-order chi connectivity index (χ1) is 9.31. The molecule has 20 heavy (non-hydrogen) atoms. The van der Waals surface area contributed by atoms with Crippen LogP contribution >= 0.6 is 11.3 Å². The number of hydrogen-bond donors (Lipinski definition) is 1. The molecule has 0 aliphatic rings. The summed E-state index contributed by atoms with van der Waals surface area (Å²) in [6.45, 7) is -1.79. The zero-order valence-corrected chi connectivity index (χ0v) is 11.9. The van der Waals surface area contributed by atoms with E-state index in [9.17, 15) is 18.0 Å². The highest BCUT2D eigenvalue weighted by atomic mass is 32.1. The molecule has 1 aromatic rings. The highest BCUT2D eigenvalue weighted by Gasteiger charge is 2.31. The Morgan fingerprint density at radius 2 is 2.15 bits per heavy atom. The maximum atomic E-state index is 12.3. The van der Waals surface area contributed by atoms with Crippen molar-refractivity contribution in [2.24, 2.45) is 0 Å². The summed E-state index contributed by atoms with van der Waals surface area (Å²) in [5.74, 6) is -0.406. The van der Waals surface area contributed by atoms with E-state index in [2.05, 4.69) is 0 Å². The standard InChI is InChI=1S/C12H17F3N2O2S/c1-16(7-10-3-2-6-20-10)11(19)8-17(4-5-18)9-12(13,14)15/h2-3,6,18H,4-5,7-9H2,1H3. The van der Waals surface area contributed by atoms with Gasteiger partial charge in [-0.1, -0.05) is 6.07 Å². The molecule has 1 N–H and O–H groups in total. The van der Waals surface area contributed by atoms with E-state index < -0.39 is 25.2 Å². The Balaban J connectivity index is 2.51. The Bertz CT molecular complexity index is 409. The van der Waals surface area contributed by atoms with Crippen molar-refractivity contribution in [3.05, 3.63) is 22.4 Å². The molecular weight excluding hydrogens is 293 g/mol. The normalized spacial score (nSPS) is 11.9. The van der Waals surface area contributed by atoms with Gasteiger partial charge in [-0.15, -0.1) is 11.3 Å². The number of halogens is 3. The lowest BCUT2D eigenvalue weighted by Crippen LogP contribution is -2.43. The topological polar surface area (TPSA) is 43.8 Å². The maximum absolute atomic E-state index is 12.3. The van der Waals surface area contributed by atoms with Gasteiger partial charge in [0.25, 0.3) is 0 Å². The molecule has 0 aliphatic heterocycles. The number of alkyl halides is 3. The first kappa shape index (κ1) is 16.9. The van der Waals surface area contributed by atoms with E-state index in [1.165, 1.54) is 16.2 Å². The summed E-state index contributed by atoms with van der Waals surface area (Å²) in [5.41, 5.74) is 0. The molecule has 0 saturated heterocycles. The van der Waals surface area contributed by atoms with E-state index in [0.29, 0.717) is 6.54 Å². The van der Waals surface area contributed by atoms with Crippen LogP contribution in [0.4, 0.5) is 13.2 Å². The van der Waals surface area contributed by atoms with E-state index in [4.69, 9.17) is 5.11 Å². The largest absolute Gasteiger partial charge is 0.401 e. The Morgan fingerprint density at radius 3 is 2.65 bits per heavy atom. The smallest absolute Gasteiger partial charge is 0.395 e. The van der Waals surface area contributed by atoms with Gasteiger partial charge in [-0.3, -0.25) is 9.69 Å². The molecule has 0 radical (unpaired) electrons. The minimum atomic E-state index is -4.39. The predicted octanol–water partition coefficient (Wildman–Crippen LogP) is 1.56. The number of carbonyl (C=O) groups excluding carboxylic acids is 1. The van der Waals surface area contributed by atoms with E-state index in [-0.39, 0.29) is 13.1 Å². The molecule has 0 spiro atoms. The van der Waals surface area contributed by atoms with Crippen LogP contribution in [-0.4, -0.2) is 60.3 Å². The Labute approximate surface area is 119 Å². The second-order valence-electron chi connectivity index (χ2n) is 4.38. The fraction of sp³-hybridized carbons (Fsp3) is 0.583. The van der Waals surface area contributed by atoms with Crippen LogP contribution in [0.2, 0.25) is 0 Å². The first-order valence-corrected chi connectivity index (χ1v) is 6.86. The van der Waals surface area contributed by atoms with Crippen molar-refractivity contribution in [3.8, 4) is 0 Å². The molecule has 0 aromatic carbocycles. The minimum absolute atomic E-state index is 0.182. The number of likely N-dealkylation sites (N-methyl/N-ethyl adjacent to an activating group) is 1. The summed E-state index contributed by atoms with van der Waals surface area (Å²) in [5, 5.41) is 10.6. The summed E-state index contributed by atoms with van der Waals surface area (Å²) in [7, 11) is 1.55. The van der Waals surface area contributed by atoms with E-state index in [1.54, 1.807) is 7.05 Å². The van der Waals surface area contributed by atoms with Crippen LogP contribution in [-0.2, 0) is 11.3 Å². The van der Waals surface area contributed by atoms with Crippen LogP contribution in [0.25, 0.3) is 0 Å². The van der Waals surface area contributed by atoms with Crippen molar-refractivity contribution in [3.63, 3.8) is 0 Å². The lowest BCUT2D eigenvalue weighted by atomic mass is 10.3. The van der Waals surface area contributed by atoms with Crippen molar-refractivity contribution in [2.45, 2.75) is 12.7 Å². The third-order valence-corrected chi connectivity index (χ3v) is 3.44. The van der Waals surface area contributed by atoms with Crippen molar-refractivity contribution < 1.29 is 23.1 Å². The number of rotatable bonds is 7. The van der Waals surface area contributed by atoms with Crippen molar-refractivity contribution in [2.75, 3.05) is 33.3 Å². The summed E-state index contributed by atoms with van der Waals surface area (Å²) >= 11 is 1.48. The summed E-state index contributed by atoms with van der Waals surface area (Å²) in [4.78, 5) is 15.1. The van der Waals surface area contributed by atoms with E-state index in [0.717, 1.165) is 9.78 Å². The zero-order chi connectivity index (χ0) is 15.2. The molecule has 0 fully saturated rings. The van der Waals surface area contributed by atoms with Crippen molar-refractivity contribution >= 4 is 17.2 Å². The third-order valence-electron chi connectivity index (χ3n) is 2.58. The summed E-state index contributed by atoms with van der Waals surface area (Å²) in [6, 6.07) is 3.70. The molecule has 1 heterocycles. The summed E-state index contributed by atoms with van der Waals surface area (Å²) in [6.07, 6.45) is -4.39. The number of carbonyl (C=O) groups is 1. The van der Waals surface area contributed by atoms with E-state index >= 15 is 0 Å². The van der Waals surface area contributed by atoms with Gasteiger partial charge in [0.2, 0.25) is 5.91 Å². The van der Waals surface area contributed by atoms with Gasteiger partial charge in [-0.2, -0.15) is 13.2 Å². The molecule has 1 amide bonds. The van der Waals surface area contributed by atoms with Gasteiger partial charge in [-0.25, -0.2) is 0 Å². The number of aliphatic hydroxyl groups excluding tert-OH is 1. The van der Waals surface area contributed by atoms with Gasteiger partial charge in [0.15, 0.2) is 0 Å². The Morgan fingerprint density at radius 1 is 1.45 bits per heavy atom. The van der Waals surface area contributed by atoms with Crippen molar-refractivity contribution in [1.29, 1.82) is 0 Å². The van der Waals surface area contributed by atoms with Gasteiger partial charge in [0, 0.05) is 18.5 Å². The summed E-state index contributed by atoms with van der Waals surface area (Å²) < 4.78 is 37.0. The molecule has 0 unspecified atom stereocenters. The van der Waals surface area contributed by atoms with Gasteiger partial charge in [0.1, 0.15) is 0 Å². The van der Waals surface area contributed by atoms with Crippen LogP contribution in [0.5, 0.6) is 0 Å². The lowest BCUT2D eigenvalue weighted by molar-refractivity contribution is -0.152. The van der Waals surface area contributed by atoms with Crippen LogP contribution in [0, 0.1) is 0 Å². The van der Waals surface area contributed by atoms with Crippen LogP contribution < -0.4 is 0 Å². The quantitative estimate of drug-likeness (QED) is 0.831. The van der Waals surface area contributed by atoms with Gasteiger partial charge >= 0.3 is 6.18 Å². The molecule has 0 aliphatic carbocycles. The first-order valence-electron chi connectivity index (χ1n) is 5.98. The van der Waals surface area contributed by atoms with Crippen LogP contribution in [0.1, 0.15) is 4.88 Å². The molecule has 0 bridgehead atoms. The average Bonchev–Trinajstić information content (AvgIpc) is 2.79. The number of nitrogens with zero attached hydrogens (tertiary/aromatic N) is 2. The predicted molar refractivity (Wildman–Crippen MR) is 70.4 cm³/mol. The SMILES string of the molecule is CN(Cc1cccs1)C(=O)CN(CCO)CC(F)(F)F. The zero-order valence-electron chi connectivity index (χ0n) is 11.1. The molecule has 1 rings (SSSR count). The van der Waals surface area contributed by atoms with E-state index in [1.807, 2.05) is 17.5 Å². The molecule has 114 valence electrons. The highest BCUT2D eigenvalue weighted by molar-refractivity contribution is 7.09. The number of thiophene rings is 1. The van der Waals surface area contributed by atoms with Gasteiger partial charge in [-0.05, 0) is 11.4 Å². The van der Waals surface area contributed by atoms with Gasteiger partial charge < -0.3 is 10.0 Å².